The van der Waals surface area contributed by atoms with Crippen molar-refractivity contribution < 1.29 is 14.3 Å². The number of hydrogen-bond donors (Lipinski definition) is 1. The minimum Gasteiger partial charge on any atom is -0.378 e. The second kappa shape index (κ2) is 9.58. The first-order valence-electron chi connectivity index (χ1n) is 9.37. The van der Waals surface area contributed by atoms with Gasteiger partial charge in [0.15, 0.2) is 0 Å². The molecular weight excluding hydrogens is 390 g/mol. The normalized spacial score (nSPS) is 14.4. The van der Waals surface area contributed by atoms with Crippen LogP contribution in [0.5, 0.6) is 0 Å². The predicted molar refractivity (Wildman–Crippen MR) is 115 cm³/mol. The van der Waals surface area contributed by atoms with Crippen molar-refractivity contribution in [3.05, 3.63) is 70.4 Å². The van der Waals surface area contributed by atoms with Crippen molar-refractivity contribution in [1.82, 2.24) is 10.2 Å². The van der Waals surface area contributed by atoms with Crippen molar-refractivity contribution in [2.75, 3.05) is 45.3 Å². The maximum absolute atomic E-state index is 13.1. The van der Waals surface area contributed by atoms with Gasteiger partial charge in [0.1, 0.15) is 5.70 Å². The van der Waals surface area contributed by atoms with E-state index in [0.29, 0.717) is 36.9 Å². The van der Waals surface area contributed by atoms with Gasteiger partial charge in [0.25, 0.3) is 11.8 Å². The fourth-order valence-corrected chi connectivity index (χ4v) is 3.18. The highest BCUT2D eigenvalue weighted by Crippen LogP contribution is 2.18. The van der Waals surface area contributed by atoms with Gasteiger partial charge in [0.2, 0.25) is 0 Å². The van der Waals surface area contributed by atoms with Crippen LogP contribution >= 0.6 is 11.6 Å². The average molecular weight is 414 g/mol. The number of anilines is 1. The Balaban J connectivity index is 1.89. The Kier molecular flexibility index (Phi) is 6.90. The number of nitrogens with one attached hydrogen (secondary N) is 1. The van der Waals surface area contributed by atoms with E-state index in [1.165, 1.54) is 0 Å². The fourth-order valence-electron chi connectivity index (χ4n) is 2.96. The highest BCUT2D eigenvalue weighted by molar-refractivity contribution is 6.34. The number of nitrogens with zero attached hydrogens (tertiary/aromatic N) is 2. The van der Waals surface area contributed by atoms with Crippen LogP contribution in [0.15, 0.2) is 54.2 Å². The summed E-state index contributed by atoms with van der Waals surface area (Å²) in [6, 6.07) is 14.5. The zero-order chi connectivity index (χ0) is 20.8. The number of carbonyl (C=O) groups is 2. The molecule has 152 valence electrons. The van der Waals surface area contributed by atoms with Crippen LogP contribution in [0.3, 0.4) is 0 Å². The van der Waals surface area contributed by atoms with Crippen molar-refractivity contribution in [3.8, 4) is 0 Å². The Hall–Kier alpha value is -2.83. The number of amides is 2. The lowest BCUT2D eigenvalue weighted by atomic mass is 10.1. The number of halogens is 1. The highest BCUT2D eigenvalue weighted by Gasteiger charge is 2.23. The lowest BCUT2D eigenvalue weighted by molar-refractivity contribution is -0.131. The van der Waals surface area contributed by atoms with Gasteiger partial charge in [0.05, 0.1) is 23.8 Å². The minimum atomic E-state index is -0.423. The van der Waals surface area contributed by atoms with E-state index >= 15 is 0 Å². The summed E-state index contributed by atoms with van der Waals surface area (Å²) in [4.78, 5) is 29.5. The van der Waals surface area contributed by atoms with Crippen LogP contribution in [0.2, 0.25) is 5.02 Å². The molecule has 29 heavy (non-hydrogen) atoms. The Bertz CT molecular complexity index is 904. The molecule has 0 aliphatic carbocycles. The van der Waals surface area contributed by atoms with E-state index in [2.05, 4.69) is 5.32 Å². The topological polar surface area (TPSA) is 61.9 Å². The van der Waals surface area contributed by atoms with Crippen molar-refractivity contribution >= 4 is 35.2 Å². The van der Waals surface area contributed by atoms with E-state index in [1.54, 1.807) is 35.2 Å². The van der Waals surface area contributed by atoms with Crippen molar-refractivity contribution in [3.63, 3.8) is 0 Å². The van der Waals surface area contributed by atoms with Gasteiger partial charge >= 0.3 is 0 Å². The van der Waals surface area contributed by atoms with Gasteiger partial charge < -0.3 is 19.9 Å². The smallest absolute Gasteiger partial charge is 0.270 e. The van der Waals surface area contributed by atoms with E-state index in [1.807, 2.05) is 43.3 Å². The lowest BCUT2D eigenvalue weighted by Crippen LogP contribution is -2.44. The molecule has 1 fully saturated rings. The van der Waals surface area contributed by atoms with Crippen LogP contribution < -0.4 is 10.2 Å². The maximum Gasteiger partial charge on any atom is 0.270 e. The minimum absolute atomic E-state index is 0.203. The first kappa shape index (κ1) is 20.9. The maximum atomic E-state index is 13.1. The molecule has 2 aromatic rings. The molecule has 1 aliphatic heterocycles. The first-order chi connectivity index (χ1) is 14.0. The molecule has 1 heterocycles. The summed E-state index contributed by atoms with van der Waals surface area (Å²) in [7, 11) is 3.92. The van der Waals surface area contributed by atoms with Crippen LogP contribution in [-0.2, 0) is 9.53 Å². The fraction of sp³-hybridized carbons (Fsp3) is 0.273. The van der Waals surface area contributed by atoms with E-state index < -0.39 is 5.91 Å². The Labute approximate surface area is 175 Å². The molecule has 6 nitrogen and oxygen atoms in total. The van der Waals surface area contributed by atoms with Crippen LogP contribution in [0.1, 0.15) is 15.9 Å². The number of benzene rings is 2. The van der Waals surface area contributed by atoms with E-state index in [9.17, 15) is 9.59 Å². The zero-order valence-corrected chi connectivity index (χ0v) is 17.3. The summed E-state index contributed by atoms with van der Waals surface area (Å²) in [5.41, 5.74) is 2.38. The van der Waals surface area contributed by atoms with Gasteiger partial charge in [0, 0.05) is 32.9 Å². The van der Waals surface area contributed by atoms with Gasteiger partial charge in [-0.05, 0) is 35.9 Å². The molecule has 1 N–H and O–H groups in total. The second-order valence-corrected chi connectivity index (χ2v) is 7.29. The van der Waals surface area contributed by atoms with Crippen LogP contribution in [0, 0.1) is 0 Å². The SMILES string of the molecule is CN(C)c1ccc(/C=C(\NC(=O)c2ccccc2Cl)C(=O)N2CCOCC2)cc1. The molecule has 3 rings (SSSR count). The van der Waals surface area contributed by atoms with Gasteiger partial charge in [-0.2, -0.15) is 0 Å². The molecule has 0 saturated carbocycles. The third-order valence-corrected chi connectivity index (χ3v) is 4.95. The lowest BCUT2D eigenvalue weighted by Gasteiger charge is -2.28. The summed E-state index contributed by atoms with van der Waals surface area (Å²) >= 11 is 6.14. The molecule has 2 amide bonds. The zero-order valence-electron chi connectivity index (χ0n) is 16.5. The summed E-state index contributed by atoms with van der Waals surface area (Å²) < 4.78 is 5.33. The quantitative estimate of drug-likeness (QED) is 0.765. The molecule has 0 aromatic heterocycles. The van der Waals surface area contributed by atoms with E-state index in [0.717, 1.165) is 11.3 Å². The summed E-state index contributed by atoms with van der Waals surface area (Å²) in [6.07, 6.45) is 1.69. The second-order valence-electron chi connectivity index (χ2n) is 6.88. The molecule has 7 heteroatoms. The van der Waals surface area contributed by atoms with Gasteiger partial charge in [-0.25, -0.2) is 0 Å². The van der Waals surface area contributed by atoms with Gasteiger partial charge in [-0.1, -0.05) is 35.9 Å². The Morgan fingerprint density at radius 3 is 2.34 bits per heavy atom. The van der Waals surface area contributed by atoms with Crippen molar-refractivity contribution in [2.45, 2.75) is 0 Å². The molecule has 1 aliphatic rings. The standard InChI is InChI=1S/C22H24ClN3O3/c1-25(2)17-9-7-16(8-10-17)15-20(22(28)26-11-13-29-14-12-26)24-21(27)18-5-3-4-6-19(18)23/h3-10,15H,11-14H2,1-2H3,(H,24,27)/b20-15-. The molecule has 2 aromatic carbocycles. The van der Waals surface area contributed by atoms with Crippen molar-refractivity contribution in [1.29, 1.82) is 0 Å². The molecular formula is C22H24ClN3O3. The number of morpholine rings is 1. The van der Waals surface area contributed by atoms with Crippen LogP contribution in [0.25, 0.3) is 6.08 Å². The molecule has 1 saturated heterocycles. The molecule has 0 unspecified atom stereocenters. The number of hydrogen-bond acceptors (Lipinski definition) is 4. The Morgan fingerprint density at radius 1 is 1.07 bits per heavy atom. The third-order valence-electron chi connectivity index (χ3n) is 4.62. The van der Waals surface area contributed by atoms with Crippen LogP contribution in [-0.4, -0.2) is 57.1 Å². The molecule has 0 atom stereocenters. The predicted octanol–water partition coefficient (Wildman–Crippen LogP) is 3.04. The molecule has 0 spiro atoms. The van der Waals surface area contributed by atoms with E-state index in [4.69, 9.17) is 16.3 Å². The van der Waals surface area contributed by atoms with Gasteiger partial charge in [-0.15, -0.1) is 0 Å². The number of carbonyl (C=O) groups excluding carboxylic acids is 2. The third kappa shape index (κ3) is 5.37. The highest BCUT2D eigenvalue weighted by atomic mass is 35.5. The van der Waals surface area contributed by atoms with Gasteiger partial charge in [-0.3, -0.25) is 9.59 Å². The summed E-state index contributed by atoms with van der Waals surface area (Å²) in [5.74, 6) is -0.668. The number of ether oxygens (including phenoxy) is 1. The summed E-state index contributed by atoms with van der Waals surface area (Å²) in [6.45, 7) is 1.93. The first-order valence-corrected chi connectivity index (χ1v) is 9.75. The molecule has 0 bridgehead atoms. The summed E-state index contributed by atoms with van der Waals surface area (Å²) in [5, 5.41) is 3.08. The number of rotatable bonds is 5. The molecule has 0 radical (unpaired) electrons. The largest absolute Gasteiger partial charge is 0.378 e. The van der Waals surface area contributed by atoms with Crippen LogP contribution in [0.4, 0.5) is 5.69 Å². The van der Waals surface area contributed by atoms with E-state index in [-0.39, 0.29) is 11.6 Å². The average Bonchev–Trinajstić information content (AvgIpc) is 2.74. The van der Waals surface area contributed by atoms with Crippen molar-refractivity contribution in [2.24, 2.45) is 0 Å². The monoisotopic (exact) mass is 413 g/mol. The Morgan fingerprint density at radius 2 is 1.72 bits per heavy atom.